The zero-order valence-electron chi connectivity index (χ0n) is 11.4. The zero-order chi connectivity index (χ0) is 15.5. The first kappa shape index (κ1) is 16.3. The average Bonchev–Trinajstić information content (AvgIpc) is 2.36. The second kappa shape index (κ2) is 6.36. The number of benzene rings is 1. The zero-order valence-corrected chi connectivity index (χ0v) is 12.3. The first-order chi connectivity index (χ1) is 9.75. The second-order valence-electron chi connectivity index (χ2n) is 5.40. The van der Waals surface area contributed by atoms with E-state index in [2.05, 4.69) is 5.32 Å². The van der Waals surface area contributed by atoms with Gasteiger partial charge in [0.25, 0.3) is 0 Å². The molecule has 0 amide bonds. The fraction of sp³-hybridized carbons (Fsp3) is 0.571. The van der Waals surface area contributed by atoms with Crippen LogP contribution in [0.5, 0.6) is 0 Å². The summed E-state index contributed by atoms with van der Waals surface area (Å²) in [6.07, 6.45) is -4.23. The van der Waals surface area contributed by atoms with E-state index in [-0.39, 0.29) is 11.5 Å². The quantitative estimate of drug-likeness (QED) is 0.927. The van der Waals surface area contributed by atoms with Crippen LogP contribution in [0.3, 0.4) is 0 Å². The van der Waals surface area contributed by atoms with Crippen LogP contribution in [0.2, 0.25) is 0 Å². The molecule has 0 radical (unpaired) electrons. The fourth-order valence-electron chi connectivity index (χ4n) is 2.63. The highest BCUT2D eigenvalue weighted by Crippen LogP contribution is 2.30. The minimum absolute atomic E-state index is 0.0891. The van der Waals surface area contributed by atoms with E-state index in [1.165, 1.54) is 0 Å². The van der Waals surface area contributed by atoms with Crippen LogP contribution in [0, 0.1) is 0 Å². The number of rotatable bonds is 4. The molecule has 21 heavy (non-hydrogen) atoms. The Morgan fingerprint density at radius 1 is 1.24 bits per heavy atom. The van der Waals surface area contributed by atoms with E-state index < -0.39 is 34.5 Å². The van der Waals surface area contributed by atoms with E-state index in [1.54, 1.807) is 30.3 Å². The van der Waals surface area contributed by atoms with E-state index in [1.807, 2.05) is 0 Å². The molecule has 0 spiro atoms. The van der Waals surface area contributed by atoms with E-state index in [0.717, 1.165) is 0 Å². The lowest BCUT2D eigenvalue weighted by molar-refractivity contribution is -0.140. The number of halogens is 3. The van der Waals surface area contributed by atoms with E-state index >= 15 is 0 Å². The van der Waals surface area contributed by atoms with Crippen molar-refractivity contribution in [1.82, 2.24) is 5.32 Å². The molecule has 0 aromatic heterocycles. The summed E-state index contributed by atoms with van der Waals surface area (Å²) < 4.78 is 61.4. The van der Waals surface area contributed by atoms with Crippen molar-refractivity contribution in [2.45, 2.75) is 37.5 Å². The molecule has 1 fully saturated rings. The van der Waals surface area contributed by atoms with Gasteiger partial charge in [0, 0.05) is 12.1 Å². The van der Waals surface area contributed by atoms with Crippen LogP contribution in [0.15, 0.2) is 30.3 Å². The molecule has 0 aliphatic carbocycles. The van der Waals surface area contributed by atoms with E-state index in [0.29, 0.717) is 18.4 Å². The van der Waals surface area contributed by atoms with Gasteiger partial charge in [-0.2, -0.15) is 13.2 Å². The van der Waals surface area contributed by atoms with Crippen molar-refractivity contribution in [3.05, 3.63) is 35.9 Å². The SMILES string of the molecule is O=S1(=O)CCCC(NC(CC(F)(F)F)c2ccccc2)C1. The van der Waals surface area contributed by atoms with Gasteiger partial charge in [-0.1, -0.05) is 30.3 Å². The molecular formula is C14H18F3NO2S. The Morgan fingerprint density at radius 3 is 2.48 bits per heavy atom. The molecule has 2 unspecified atom stereocenters. The first-order valence-corrected chi connectivity index (χ1v) is 8.65. The summed E-state index contributed by atoms with van der Waals surface area (Å²) in [5.41, 5.74) is 0.526. The van der Waals surface area contributed by atoms with Crippen LogP contribution in [0.4, 0.5) is 13.2 Å². The van der Waals surface area contributed by atoms with Crippen molar-refractivity contribution in [3.8, 4) is 0 Å². The smallest absolute Gasteiger partial charge is 0.306 e. The Hall–Kier alpha value is -1.08. The van der Waals surface area contributed by atoms with Crippen molar-refractivity contribution < 1.29 is 21.6 Å². The summed E-state index contributed by atoms with van der Waals surface area (Å²) in [5, 5.41) is 2.89. The summed E-state index contributed by atoms with van der Waals surface area (Å²) in [6, 6.07) is 7.01. The van der Waals surface area contributed by atoms with Crippen molar-refractivity contribution in [2.75, 3.05) is 11.5 Å². The van der Waals surface area contributed by atoms with Crippen LogP contribution in [0.25, 0.3) is 0 Å². The minimum atomic E-state index is -4.30. The summed E-state index contributed by atoms with van der Waals surface area (Å²) in [7, 11) is -3.15. The largest absolute Gasteiger partial charge is 0.390 e. The molecule has 0 bridgehead atoms. The molecule has 1 heterocycles. The highest BCUT2D eigenvalue weighted by molar-refractivity contribution is 7.91. The Morgan fingerprint density at radius 2 is 1.90 bits per heavy atom. The van der Waals surface area contributed by atoms with Gasteiger partial charge in [-0.3, -0.25) is 0 Å². The average molecular weight is 321 g/mol. The summed E-state index contributed by atoms with van der Waals surface area (Å²) in [5.74, 6) is 0.0364. The maximum atomic E-state index is 12.7. The van der Waals surface area contributed by atoms with Crippen LogP contribution in [0.1, 0.15) is 30.9 Å². The second-order valence-corrected chi connectivity index (χ2v) is 7.63. The van der Waals surface area contributed by atoms with Crippen molar-refractivity contribution in [1.29, 1.82) is 0 Å². The standard InChI is InChI=1S/C14H18F3NO2S/c15-14(16,17)9-13(11-5-2-1-3-6-11)18-12-7-4-8-21(19,20)10-12/h1-3,5-6,12-13,18H,4,7-10H2. The van der Waals surface area contributed by atoms with Crippen molar-refractivity contribution in [2.24, 2.45) is 0 Å². The molecule has 0 saturated carbocycles. The highest BCUT2D eigenvalue weighted by Gasteiger charge is 2.35. The number of hydrogen-bond acceptors (Lipinski definition) is 3. The maximum absolute atomic E-state index is 12.7. The number of hydrogen-bond donors (Lipinski definition) is 1. The predicted octanol–water partition coefficient (Wildman–Crippen LogP) is 2.85. The van der Waals surface area contributed by atoms with E-state index in [4.69, 9.17) is 0 Å². The Labute approximate surface area is 122 Å². The van der Waals surface area contributed by atoms with E-state index in [9.17, 15) is 21.6 Å². The van der Waals surface area contributed by atoms with Crippen molar-refractivity contribution >= 4 is 9.84 Å². The summed E-state index contributed by atoms with van der Waals surface area (Å²) in [4.78, 5) is 0. The molecule has 1 aromatic carbocycles. The first-order valence-electron chi connectivity index (χ1n) is 6.83. The Balaban J connectivity index is 2.13. The molecule has 1 saturated heterocycles. The van der Waals surface area contributed by atoms with Crippen LogP contribution < -0.4 is 5.32 Å². The molecule has 1 aromatic rings. The van der Waals surface area contributed by atoms with Gasteiger partial charge in [0.1, 0.15) is 0 Å². The lowest BCUT2D eigenvalue weighted by Gasteiger charge is -2.29. The molecule has 2 atom stereocenters. The Bertz CT molecular complexity index is 557. The van der Waals surface area contributed by atoms with Gasteiger partial charge in [0.15, 0.2) is 9.84 Å². The Kier molecular flexibility index (Phi) is 4.93. The molecule has 1 aliphatic rings. The number of alkyl halides is 3. The highest BCUT2D eigenvalue weighted by atomic mass is 32.2. The van der Waals surface area contributed by atoms with Crippen LogP contribution in [-0.4, -0.2) is 32.1 Å². The number of sulfone groups is 1. The molecule has 118 valence electrons. The van der Waals surface area contributed by atoms with Gasteiger partial charge in [-0.25, -0.2) is 8.42 Å². The third-order valence-electron chi connectivity index (χ3n) is 3.54. The van der Waals surface area contributed by atoms with Gasteiger partial charge in [0.2, 0.25) is 0 Å². The van der Waals surface area contributed by atoms with Crippen LogP contribution >= 0.6 is 0 Å². The van der Waals surface area contributed by atoms with Gasteiger partial charge in [0.05, 0.1) is 17.9 Å². The minimum Gasteiger partial charge on any atom is -0.306 e. The summed E-state index contributed by atoms with van der Waals surface area (Å²) in [6.45, 7) is 0. The maximum Gasteiger partial charge on any atom is 0.390 e. The lowest BCUT2D eigenvalue weighted by Crippen LogP contribution is -2.43. The molecule has 1 aliphatic heterocycles. The monoisotopic (exact) mass is 321 g/mol. The molecule has 2 rings (SSSR count). The summed E-state index contributed by atoms with van der Waals surface area (Å²) >= 11 is 0. The molecule has 3 nitrogen and oxygen atoms in total. The molecule has 7 heteroatoms. The molecule has 1 N–H and O–H groups in total. The van der Waals surface area contributed by atoms with Gasteiger partial charge < -0.3 is 5.32 Å². The predicted molar refractivity (Wildman–Crippen MR) is 74.7 cm³/mol. The van der Waals surface area contributed by atoms with Gasteiger partial charge in [-0.05, 0) is 18.4 Å². The topological polar surface area (TPSA) is 46.2 Å². The normalized spacial score (nSPS) is 23.7. The fourth-order valence-corrected chi connectivity index (χ4v) is 4.28. The van der Waals surface area contributed by atoms with Crippen LogP contribution in [-0.2, 0) is 9.84 Å². The van der Waals surface area contributed by atoms with Gasteiger partial charge >= 0.3 is 6.18 Å². The van der Waals surface area contributed by atoms with Crippen molar-refractivity contribution in [3.63, 3.8) is 0 Å². The third kappa shape index (κ3) is 5.32. The van der Waals surface area contributed by atoms with Gasteiger partial charge in [-0.15, -0.1) is 0 Å². The number of nitrogens with one attached hydrogen (secondary N) is 1. The third-order valence-corrected chi connectivity index (χ3v) is 5.36. The lowest BCUT2D eigenvalue weighted by atomic mass is 10.0. The molecular weight excluding hydrogens is 303 g/mol.